The van der Waals surface area contributed by atoms with Crippen LogP contribution >= 0.6 is 0 Å². The van der Waals surface area contributed by atoms with Crippen molar-refractivity contribution in [3.8, 4) is 0 Å². The first-order valence-corrected chi connectivity index (χ1v) is 8.98. The first-order chi connectivity index (χ1) is 15.1. The van der Waals surface area contributed by atoms with Crippen LogP contribution < -0.4 is 16.6 Å². The van der Waals surface area contributed by atoms with Crippen molar-refractivity contribution in [2.45, 2.75) is 12.7 Å². The van der Waals surface area contributed by atoms with E-state index in [4.69, 9.17) is 10.5 Å². The predicted octanol–water partition coefficient (Wildman–Crippen LogP) is 1.70. The van der Waals surface area contributed by atoms with Crippen LogP contribution in [0.1, 0.15) is 16.1 Å². The topological polar surface area (TPSA) is 133 Å². The Balaban J connectivity index is 1.67. The fourth-order valence-electron chi connectivity index (χ4n) is 2.81. The normalized spacial score (nSPS) is 11.2. The number of nitrogens with zero attached hydrogens (tertiary/aromatic N) is 2. The number of ether oxygens (including phenoxy) is 1. The molecule has 0 spiro atoms. The maximum atomic E-state index is 12.7. The highest BCUT2D eigenvalue weighted by atomic mass is 19.4. The number of rotatable bonds is 6. The minimum atomic E-state index is -4.59. The number of benzene rings is 2. The van der Waals surface area contributed by atoms with Gasteiger partial charge in [0.25, 0.3) is 17.4 Å². The zero-order valence-corrected chi connectivity index (χ0v) is 16.2. The third kappa shape index (κ3) is 5.09. The fraction of sp³-hybridized carbons (Fsp3) is 0.150. The van der Waals surface area contributed by atoms with Gasteiger partial charge in [-0.1, -0.05) is 24.3 Å². The summed E-state index contributed by atoms with van der Waals surface area (Å²) < 4.78 is 43.6. The van der Waals surface area contributed by atoms with Crippen LogP contribution in [0.15, 0.2) is 53.3 Å². The summed E-state index contributed by atoms with van der Waals surface area (Å²) >= 11 is 0. The highest BCUT2D eigenvalue weighted by Gasteiger charge is 2.30. The Kier molecular flexibility index (Phi) is 6.23. The molecule has 1 aromatic heterocycles. The van der Waals surface area contributed by atoms with E-state index in [0.29, 0.717) is 4.68 Å². The second-order valence-corrected chi connectivity index (χ2v) is 6.51. The lowest BCUT2D eigenvalue weighted by atomic mass is 10.1. The molecule has 12 heteroatoms. The lowest BCUT2D eigenvalue weighted by Crippen LogP contribution is -2.32. The average Bonchev–Trinajstić information content (AvgIpc) is 2.73. The second-order valence-electron chi connectivity index (χ2n) is 6.51. The molecule has 0 unspecified atom stereocenters. The highest BCUT2D eigenvalue weighted by Crippen LogP contribution is 2.30. The Morgan fingerprint density at radius 1 is 1.06 bits per heavy atom. The first-order valence-electron chi connectivity index (χ1n) is 8.98. The van der Waals surface area contributed by atoms with Gasteiger partial charge in [-0.05, 0) is 24.3 Å². The van der Waals surface area contributed by atoms with E-state index in [1.165, 1.54) is 18.2 Å². The van der Waals surface area contributed by atoms with Crippen molar-refractivity contribution in [3.63, 3.8) is 0 Å². The van der Waals surface area contributed by atoms with Crippen LogP contribution in [0.5, 0.6) is 0 Å². The molecule has 2 amide bonds. The Hall–Kier alpha value is -4.22. The molecule has 2 aromatic carbocycles. The Labute approximate surface area is 177 Å². The molecular formula is C20H15F3N4O5. The SMILES string of the molecule is NC(=O)c1nn(CC(=O)OCC(=O)Nc2cccc(C(F)(F)F)c2)c(=O)c2ccccc12. The zero-order valence-electron chi connectivity index (χ0n) is 16.2. The number of hydrogen-bond acceptors (Lipinski definition) is 6. The van der Waals surface area contributed by atoms with Crippen LogP contribution in [0.25, 0.3) is 10.8 Å². The molecule has 166 valence electrons. The first kappa shape index (κ1) is 22.5. The summed E-state index contributed by atoms with van der Waals surface area (Å²) in [4.78, 5) is 48.1. The molecule has 0 aliphatic rings. The Morgan fingerprint density at radius 2 is 1.75 bits per heavy atom. The van der Waals surface area contributed by atoms with Crippen molar-refractivity contribution >= 4 is 34.2 Å². The number of amides is 2. The van der Waals surface area contributed by atoms with Gasteiger partial charge in [0.1, 0.15) is 6.54 Å². The number of carbonyl (C=O) groups is 3. The van der Waals surface area contributed by atoms with Gasteiger partial charge in [0, 0.05) is 11.1 Å². The molecule has 3 N–H and O–H groups in total. The number of fused-ring (bicyclic) bond motifs is 1. The van der Waals surface area contributed by atoms with Gasteiger partial charge in [0.2, 0.25) is 0 Å². The van der Waals surface area contributed by atoms with E-state index in [1.54, 1.807) is 12.1 Å². The molecule has 0 saturated heterocycles. The molecule has 0 fully saturated rings. The van der Waals surface area contributed by atoms with Crippen molar-refractivity contribution in [3.05, 3.63) is 70.1 Å². The van der Waals surface area contributed by atoms with Gasteiger partial charge < -0.3 is 15.8 Å². The second kappa shape index (κ2) is 8.88. The molecule has 0 bridgehead atoms. The number of halogens is 3. The smallest absolute Gasteiger partial charge is 0.416 e. The summed E-state index contributed by atoms with van der Waals surface area (Å²) in [5.74, 6) is -2.84. The number of hydrogen-bond donors (Lipinski definition) is 2. The quantitative estimate of drug-likeness (QED) is 0.552. The van der Waals surface area contributed by atoms with E-state index in [2.05, 4.69) is 10.4 Å². The largest absolute Gasteiger partial charge is 0.454 e. The van der Waals surface area contributed by atoms with Crippen LogP contribution in [0.3, 0.4) is 0 Å². The highest BCUT2D eigenvalue weighted by molar-refractivity contribution is 6.04. The van der Waals surface area contributed by atoms with E-state index in [1.807, 2.05) is 0 Å². The lowest BCUT2D eigenvalue weighted by molar-refractivity contribution is -0.148. The maximum Gasteiger partial charge on any atom is 0.416 e. The van der Waals surface area contributed by atoms with Crippen molar-refractivity contribution in [1.29, 1.82) is 0 Å². The summed E-state index contributed by atoms with van der Waals surface area (Å²) in [7, 11) is 0. The van der Waals surface area contributed by atoms with Crippen molar-refractivity contribution in [2.75, 3.05) is 11.9 Å². The van der Waals surface area contributed by atoms with Gasteiger partial charge in [0.05, 0.1) is 10.9 Å². The van der Waals surface area contributed by atoms with Gasteiger partial charge in [-0.15, -0.1) is 0 Å². The molecule has 32 heavy (non-hydrogen) atoms. The predicted molar refractivity (Wildman–Crippen MR) is 106 cm³/mol. The number of nitrogens with two attached hydrogens (primary N) is 1. The minimum absolute atomic E-state index is 0.103. The summed E-state index contributed by atoms with van der Waals surface area (Å²) in [5, 5.41) is 6.28. The van der Waals surface area contributed by atoms with E-state index < -0.39 is 48.2 Å². The van der Waals surface area contributed by atoms with Gasteiger partial charge >= 0.3 is 12.1 Å². The summed E-state index contributed by atoms with van der Waals surface area (Å²) in [6.07, 6.45) is -4.59. The van der Waals surface area contributed by atoms with E-state index in [0.717, 1.165) is 18.2 Å². The molecule has 9 nitrogen and oxygen atoms in total. The number of anilines is 1. The molecule has 3 aromatic rings. The zero-order chi connectivity index (χ0) is 23.5. The fourth-order valence-corrected chi connectivity index (χ4v) is 2.81. The average molecular weight is 448 g/mol. The summed E-state index contributed by atoms with van der Waals surface area (Å²) in [6.45, 7) is -1.54. The van der Waals surface area contributed by atoms with Gasteiger partial charge in [0.15, 0.2) is 12.3 Å². The number of esters is 1. The van der Waals surface area contributed by atoms with E-state index in [-0.39, 0.29) is 22.2 Å². The molecule has 0 saturated carbocycles. The molecule has 0 aliphatic carbocycles. The van der Waals surface area contributed by atoms with Crippen molar-refractivity contribution in [2.24, 2.45) is 5.73 Å². The number of aromatic nitrogens is 2. The number of nitrogens with one attached hydrogen (secondary N) is 1. The van der Waals surface area contributed by atoms with Gasteiger partial charge in [-0.25, -0.2) is 4.68 Å². The minimum Gasteiger partial charge on any atom is -0.454 e. The van der Waals surface area contributed by atoms with E-state index >= 15 is 0 Å². The maximum absolute atomic E-state index is 12.7. The Bertz CT molecular complexity index is 1270. The van der Waals surface area contributed by atoms with Crippen LogP contribution in [-0.4, -0.2) is 34.2 Å². The molecule has 0 atom stereocenters. The third-order valence-corrected chi connectivity index (χ3v) is 4.22. The summed E-state index contributed by atoms with van der Waals surface area (Å²) in [6, 6.07) is 9.94. The van der Waals surface area contributed by atoms with Crippen molar-refractivity contribution < 1.29 is 32.3 Å². The van der Waals surface area contributed by atoms with Crippen LogP contribution in [0, 0.1) is 0 Å². The van der Waals surface area contributed by atoms with Crippen LogP contribution in [0.4, 0.5) is 18.9 Å². The Morgan fingerprint density at radius 3 is 2.41 bits per heavy atom. The van der Waals surface area contributed by atoms with Crippen LogP contribution in [-0.2, 0) is 27.0 Å². The standard InChI is InChI=1S/C20H15F3N4O5/c21-20(22,23)11-4-3-5-12(8-11)25-15(28)10-32-16(29)9-27-19(31)14-7-2-1-6-13(14)17(26-27)18(24)30/h1-8H,9-10H2,(H2,24,30)(H,25,28). The number of primary amides is 1. The number of alkyl halides is 3. The number of carbonyl (C=O) groups excluding carboxylic acids is 3. The monoisotopic (exact) mass is 448 g/mol. The lowest BCUT2D eigenvalue weighted by Gasteiger charge is -2.11. The van der Waals surface area contributed by atoms with Crippen molar-refractivity contribution in [1.82, 2.24) is 9.78 Å². The molecule has 3 rings (SSSR count). The molecule has 1 heterocycles. The van der Waals surface area contributed by atoms with E-state index in [9.17, 15) is 32.3 Å². The van der Waals surface area contributed by atoms with Crippen LogP contribution in [0.2, 0.25) is 0 Å². The molecule has 0 radical (unpaired) electrons. The molecule has 0 aliphatic heterocycles. The summed E-state index contributed by atoms with van der Waals surface area (Å²) in [5.41, 5.74) is 3.27. The van der Waals surface area contributed by atoms with Gasteiger partial charge in [-0.2, -0.15) is 18.3 Å². The van der Waals surface area contributed by atoms with Gasteiger partial charge in [-0.3, -0.25) is 19.2 Å². The molecular weight excluding hydrogens is 433 g/mol. The third-order valence-electron chi connectivity index (χ3n) is 4.22.